The van der Waals surface area contributed by atoms with Crippen LogP contribution in [-0.2, 0) is 0 Å². The molecule has 11 heavy (non-hydrogen) atoms. The van der Waals surface area contributed by atoms with Gasteiger partial charge in [-0.15, -0.1) is 0 Å². The highest BCUT2D eigenvalue weighted by Crippen LogP contribution is 2.12. The van der Waals surface area contributed by atoms with Crippen molar-refractivity contribution in [3.63, 3.8) is 0 Å². The van der Waals surface area contributed by atoms with Crippen LogP contribution in [0.3, 0.4) is 0 Å². The van der Waals surface area contributed by atoms with E-state index in [1.54, 1.807) is 0 Å². The van der Waals surface area contributed by atoms with Crippen LogP contribution < -0.4 is 12.4 Å². The molecule has 4 heteroatoms. The van der Waals surface area contributed by atoms with E-state index in [9.17, 15) is 0 Å². The maximum atomic E-state index is 2.36. The Bertz CT molecular complexity index is 129. The van der Waals surface area contributed by atoms with Crippen molar-refractivity contribution in [1.82, 2.24) is 9.91 Å². The lowest BCUT2D eigenvalue weighted by Gasteiger charge is -2.34. The third-order valence-electron chi connectivity index (χ3n) is 2.48. The van der Waals surface area contributed by atoms with Crippen LogP contribution in [0.15, 0.2) is 0 Å². The number of rotatable bonds is 1. The van der Waals surface area contributed by atoms with Crippen LogP contribution in [0.2, 0.25) is 0 Å². The SMILES string of the molecule is CN1CC[N+](C)(N(C)C)C1.[Cl-]. The summed E-state index contributed by atoms with van der Waals surface area (Å²) in [5, 5.41) is 2.27. The van der Waals surface area contributed by atoms with Crippen molar-refractivity contribution >= 4 is 0 Å². The zero-order chi connectivity index (χ0) is 7.78. The first-order valence-corrected chi connectivity index (χ1v) is 3.75. The normalized spacial score (nSPS) is 32.5. The lowest BCUT2D eigenvalue weighted by atomic mass is 10.6. The molecule has 0 aromatic rings. The molecule has 0 N–H and O–H groups in total. The van der Waals surface area contributed by atoms with Crippen molar-refractivity contribution in [2.45, 2.75) is 0 Å². The second-order valence-corrected chi connectivity index (χ2v) is 3.63. The summed E-state index contributed by atoms with van der Waals surface area (Å²) in [6.45, 7) is 3.60. The molecule has 0 bridgehead atoms. The highest BCUT2D eigenvalue weighted by Gasteiger charge is 2.32. The molecule has 1 fully saturated rings. The molecule has 1 saturated heterocycles. The summed E-state index contributed by atoms with van der Waals surface area (Å²) in [6, 6.07) is 0. The van der Waals surface area contributed by atoms with Gasteiger partial charge in [0.25, 0.3) is 0 Å². The van der Waals surface area contributed by atoms with Crippen molar-refractivity contribution in [2.24, 2.45) is 0 Å². The Balaban J connectivity index is 0.000001000. The first-order valence-electron chi connectivity index (χ1n) is 3.75. The molecule has 1 aliphatic heterocycles. The van der Waals surface area contributed by atoms with Crippen LogP contribution in [-0.4, -0.2) is 62.4 Å². The monoisotopic (exact) mass is 179 g/mol. The number of hydrogen-bond donors (Lipinski definition) is 0. The van der Waals surface area contributed by atoms with E-state index in [1.807, 2.05) is 0 Å². The van der Waals surface area contributed by atoms with Gasteiger partial charge in [0.1, 0.15) is 6.54 Å². The van der Waals surface area contributed by atoms with Gasteiger partial charge in [-0.1, -0.05) is 0 Å². The molecule has 0 spiro atoms. The van der Waals surface area contributed by atoms with Gasteiger partial charge in [0, 0.05) is 14.1 Å². The third-order valence-corrected chi connectivity index (χ3v) is 2.48. The number of halogens is 1. The van der Waals surface area contributed by atoms with E-state index in [0.29, 0.717) is 0 Å². The number of likely N-dealkylation sites (N-methyl/N-ethyl adjacent to an activating group) is 2. The quantitative estimate of drug-likeness (QED) is 0.392. The van der Waals surface area contributed by atoms with Gasteiger partial charge in [0.05, 0.1) is 13.6 Å². The minimum atomic E-state index is 0. The fraction of sp³-hybridized carbons (Fsp3) is 1.00. The Morgan fingerprint density at radius 2 is 1.91 bits per heavy atom. The minimum Gasteiger partial charge on any atom is -1.00 e. The predicted octanol–water partition coefficient (Wildman–Crippen LogP) is -3.18. The molecule has 0 aromatic carbocycles. The summed E-state index contributed by atoms with van der Waals surface area (Å²) in [5.41, 5.74) is 0. The fourth-order valence-electron chi connectivity index (χ4n) is 1.37. The molecule has 1 atom stereocenters. The van der Waals surface area contributed by atoms with Crippen molar-refractivity contribution in [3.05, 3.63) is 0 Å². The average Bonchev–Trinajstić information content (AvgIpc) is 2.13. The lowest BCUT2D eigenvalue weighted by Crippen LogP contribution is -3.00. The van der Waals surface area contributed by atoms with Crippen molar-refractivity contribution in [2.75, 3.05) is 47.9 Å². The predicted molar refractivity (Wildman–Crippen MR) is 42.2 cm³/mol. The van der Waals surface area contributed by atoms with Gasteiger partial charge in [-0.25, -0.2) is 4.59 Å². The number of nitrogens with zero attached hydrogens (tertiary/aromatic N) is 3. The zero-order valence-corrected chi connectivity index (χ0v) is 8.60. The van der Waals surface area contributed by atoms with E-state index in [4.69, 9.17) is 0 Å². The van der Waals surface area contributed by atoms with Gasteiger partial charge in [-0.2, -0.15) is 5.01 Å². The van der Waals surface area contributed by atoms with E-state index in [2.05, 4.69) is 38.1 Å². The van der Waals surface area contributed by atoms with E-state index >= 15 is 0 Å². The summed E-state index contributed by atoms with van der Waals surface area (Å²) in [6.07, 6.45) is 0. The Labute approximate surface area is 75.5 Å². The third kappa shape index (κ3) is 2.30. The van der Waals surface area contributed by atoms with E-state index in [1.165, 1.54) is 13.1 Å². The summed E-state index contributed by atoms with van der Waals surface area (Å²) < 4.78 is 1.05. The van der Waals surface area contributed by atoms with Crippen LogP contribution >= 0.6 is 0 Å². The number of hydrogen-bond acceptors (Lipinski definition) is 2. The van der Waals surface area contributed by atoms with E-state index in [0.717, 1.165) is 11.3 Å². The van der Waals surface area contributed by atoms with Gasteiger partial charge < -0.3 is 12.4 Å². The Morgan fingerprint density at radius 1 is 1.36 bits per heavy atom. The fourth-order valence-corrected chi connectivity index (χ4v) is 1.37. The van der Waals surface area contributed by atoms with E-state index < -0.39 is 0 Å². The molecule has 0 aliphatic carbocycles. The first kappa shape index (κ1) is 11.2. The van der Waals surface area contributed by atoms with E-state index in [-0.39, 0.29) is 12.4 Å². The van der Waals surface area contributed by atoms with Gasteiger partial charge in [0.15, 0.2) is 6.67 Å². The lowest BCUT2D eigenvalue weighted by molar-refractivity contribution is -1.01. The van der Waals surface area contributed by atoms with Crippen molar-refractivity contribution in [3.8, 4) is 0 Å². The Hall–Kier alpha value is 0.170. The van der Waals surface area contributed by atoms with Crippen molar-refractivity contribution in [1.29, 1.82) is 0 Å². The van der Waals surface area contributed by atoms with Crippen LogP contribution in [0, 0.1) is 0 Å². The second kappa shape index (κ2) is 3.72. The minimum absolute atomic E-state index is 0. The summed E-state index contributed by atoms with van der Waals surface area (Å²) in [5.74, 6) is 0. The van der Waals surface area contributed by atoms with Crippen LogP contribution in [0.4, 0.5) is 0 Å². The highest BCUT2D eigenvalue weighted by molar-refractivity contribution is 4.51. The summed E-state index contributed by atoms with van der Waals surface area (Å²) in [7, 11) is 8.72. The first-order chi connectivity index (χ1) is 4.54. The Morgan fingerprint density at radius 3 is 2.09 bits per heavy atom. The molecule has 0 radical (unpaired) electrons. The Kier molecular flexibility index (Phi) is 3.77. The largest absolute Gasteiger partial charge is 1.00 e. The maximum Gasteiger partial charge on any atom is 0.152 e. The number of quaternary nitrogens is 1. The molecular formula is C7H18ClN3. The molecule has 1 unspecified atom stereocenters. The van der Waals surface area contributed by atoms with Gasteiger partial charge in [0.2, 0.25) is 0 Å². The molecular weight excluding hydrogens is 162 g/mol. The zero-order valence-electron chi connectivity index (χ0n) is 7.84. The standard InChI is InChI=1S/C7H18N3.ClH/c1-8(2)10(4)6-5-9(3)7-10;/h5-7H2,1-4H3;1H/q+1;/p-1. The second-order valence-electron chi connectivity index (χ2n) is 3.63. The molecule has 0 aromatic heterocycles. The maximum absolute atomic E-state index is 2.36. The van der Waals surface area contributed by atoms with Gasteiger partial charge in [-0.05, 0) is 7.05 Å². The topological polar surface area (TPSA) is 6.48 Å². The van der Waals surface area contributed by atoms with Crippen LogP contribution in [0.25, 0.3) is 0 Å². The van der Waals surface area contributed by atoms with Gasteiger partial charge >= 0.3 is 0 Å². The smallest absolute Gasteiger partial charge is 0.152 e. The van der Waals surface area contributed by atoms with Gasteiger partial charge in [-0.3, -0.25) is 4.90 Å². The molecule has 0 saturated carbocycles. The molecule has 3 nitrogen and oxygen atoms in total. The molecule has 1 heterocycles. The summed E-state index contributed by atoms with van der Waals surface area (Å²) in [4.78, 5) is 2.36. The molecule has 68 valence electrons. The molecule has 0 amide bonds. The van der Waals surface area contributed by atoms with Crippen LogP contribution in [0.1, 0.15) is 0 Å². The highest BCUT2D eigenvalue weighted by atomic mass is 35.5. The summed E-state index contributed by atoms with van der Waals surface area (Å²) >= 11 is 0. The average molecular weight is 180 g/mol. The molecule has 1 aliphatic rings. The molecule has 1 rings (SSSR count). The van der Waals surface area contributed by atoms with Crippen LogP contribution in [0.5, 0.6) is 0 Å². The van der Waals surface area contributed by atoms with Crippen molar-refractivity contribution < 1.29 is 17.0 Å².